The molecular weight excluding hydrogens is 302 g/mol. The molecule has 0 radical (unpaired) electrons. The molecule has 2 aromatic heterocycles. The Hall–Kier alpha value is -2.31. The molecule has 0 amide bonds. The molecule has 0 aliphatic carbocycles. The largest absolute Gasteiger partial charge is 0.356 e. The molecular formula is C17H29N7. The second-order valence-electron chi connectivity index (χ2n) is 6.47. The Labute approximate surface area is 144 Å². The monoisotopic (exact) mass is 331 g/mol. The Bertz CT molecular complexity index is 681. The summed E-state index contributed by atoms with van der Waals surface area (Å²) in [5.41, 5.74) is 3.61. The van der Waals surface area contributed by atoms with Crippen molar-refractivity contribution < 1.29 is 0 Å². The summed E-state index contributed by atoms with van der Waals surface area (Å²) in [6.45, 7) is 5.96. The van der Waals surface area contributed by atoms with Crippen molar-refractivity contribution in [3.63, 3.8) is 0 Å². The van der Waals surface area contributed by atoms with E-state index in [-0.39, 0.29) is 0 Å². The summed E-state index contributed by atoms with van der Waals surface area (Å²) in [5, 5.41) is 12.2. The van der Waals surface area contributed by atoms with Gasteiger partial charge in [0.1, 0.15) is 0 Å². The fourth-order valence-electron chi connectivity index (χ4n) is 2.80. The fourth-order valence-corrected chi connectivity index (χ4v) is 2.80. The van der Waals surface area contributed by atoms with Crippen molar-refractivity contribution in [1.29, 1.82) is 0 Å². The van der Waals surface area contributed by atoms with E-state index in [4.69, 9.17) is 0 Å². The van der Waals surface area contributed by atoms with Gasteiger partial charge in [-0.3, -0.25) is 14.4 Å². The molecule has 0 aliphatic rings. The number of aliphatic imine (C=N–C) groups is 1. The number of hydrogen-bond acceptors (Lipinski definition) is 3. The second-order valence-corrected chi connectivity index (χ2v) is 6.47. The van der Waals surface area contributed by atoms with Crippen LogP contribution in [0.1, 0.15) is 36.6 Å². The fraction of sp³-hybridized carbons (Fsp3) is 0.588. The lowest BCUT2D eigenvalue weighted by molar-refractivity contribution is 0.474. The number of aryl methyl sites for hydroxylation is 2. The molecule has 1 N–H and O–H groups in total. The van der Waals surface area contributed by atoms with E-state index in [1.807, 2.05) is 42.9 Å². The zero-order chi connectivity index (χ0) is 17.7. The van der Waals surface area contributed by atoms with Gasteiger partial charge in [0.2, 0.25) is 0 Å². The highest BCUT2D eigenvalue weighted by Gasteiger charge is 2.15. The zero-order valence-electron chi connectivity index (χ0n) is 15.6. The van der Waals surface area contributed by atoms with Crippen LogP contribution in [0.5, 0.6) is 0 Å². The molecule has 0 unspecified atom stereocenters. The van der Waals surface area contributed by atoms with Crippen LogP contribution >= 0.6 is 0 Å². The summed E-state index contributed by atoms with van der Waals surface area (Å²) in [7, 11) is 7.77. The maximum atomic E-state index is 4.57. The lowest BCUT2D eigenvalue weighted by Crippen LogP contribution is -2.39. The average molecular weight is 331 g/mol. The first-order chi connectivity index (χ1) is 11.4. The molecule has 0 bridgehead atoms. The van der Waals surface area contributed by atoms with Crippen molar-refractivity contribution in [3.05, 3.63) is 35.4 Å². The third-order valence-corrected chi connectivity index (χ3v) is 3.92. The maximum absolute atomic E-state index is 4.57. The number of nitrogens with zero attached hydrogens (tertiary/aromatic N) is 6. The van der Waals surface area contributed by atoms with Crippen molar-refractivity contribution in [3.8, 4) is 0 Å². The van der Waals surface area contributed by atoms with Crippen LogP contribution in [0.4, 0.5) is 0 Å². The van der Waals surface area contributed by atoms with Gasteiger partial charge in [0.05, 0.1) is 11.9 Å². The molecule has 0 atom stereocenters. The quantitative estimate of drug-likeness (QED) is 0.644. The highest BCUT2D eigenvalue weighted by molar-refractivity contribution is 5.79. The smallest absolute Gasteiger partial charge is 0.193 e. The molecule has 0 saturated carbocycles. The Morgan fingerprint density at radius 2 is 2.04 bits per heavy atom. The Morgan fingerprint density at radius 3 is 2.62 bits per heavy atom. The minimum Gasteiger partial charge on any atom is -0.356 e. The lowest BCUT2D eigenvalue weighted by Gasteiger charge is -2.22. The average Bonchev–Trinajstić information content (AvgIpc) is 3.09. The van der Waals surface area contributed by atoms with Gasteiger partial charge in [-0.1, -0.05) is 13.8 Å². The summed E-state index contributed by atoms with van der Waals surface area (Å²) in [6, 6.07) is 0. The minimum absolute atomic E-state index is 0.412. The number of rotatable bonds is 6. The van der Waals surface area contributed by atoms with E-state index in [2.05, 4.69) is 52.5 Å². The summed E-state index contributed by atoms with van der Waals surface area (Å²) < 4.78 is 3.71. The first-order valence-electron chi connectivity index (χ1n) is 8.32. The van der Waals surface area contributed by atoms with E-state index in [0.29, 0.717) is 5.92 Å². The minimum atomic E-state index is 0.412. The van der Waals surface area contributed by atoms with Crippen LogP contribution in [0.3, 0.4) is 0 Å². The molecule has 132 valence electrons. The van der Waals surface area contributed by atoms with E-state index >= 15 is 0 Å². The van der Waals surface area contributed by atoms with Gasteiger partial charge in [0, 0.05) is 59.2 Å². The normalized spacial score (nSPS) is 12.0. The molecule has 0 aromatic carbocycles. The number of hydrogen-bond donors (Lipinski definition) is 1. The van der Waals surface area contributed by atoms with E-state index in [9.17, 15) is 0 Å². The summed E-state index contributed by atoms with van der Waals surface area (Å²) in [5.74, 6) is 1.30. The Kier molecular flexibility index (Phi) is 6.00. The third-order valence-electron chi connectivity index (χ3n) is 3.92. The van der Waals surface area contributed by atoms with E-state index < -0.39 is 0 Å². The molecule has 24 heavy (non-hydrogen) atoms. The Morgan fingerprint density at radius 1 is 1.29 bits per heavy atom. The number of nitrogens with one attached hydrogen (secondary N) is 1. The number of guanidine groups is 1. The molecule has 7 heteroatoms. The molecule has 2 rings (SSSR count). The van der Waals surface area contributed by atoms with E-state index in [0.717, 1.165) is 31.2 Å². The van der Waals surface area contributed by atoms with Gasteiger partial charge in [-0.25, -0.2) is 0 Å². The van der Waals surface area contributed by atoms with Gasteiger partial charge in [-0.2, -0.15) is 10.2 Å². The lowest BCUT2D eigenvalue weighted by atomic mass is 10.1. The van der Waals surface area contributed by atoms with Gasteiger partial charge in [-0.15, -0.1) is 0 Å². The second kappa shape index (κ2) is 7.99. The van der Waals surface area contributed by atoms with Gasteiger partial charge in [0.15, 0.2) is 5.96 Å². The van der Waals surface area contributed by atoms with Crippen molar-refractivity contribution >= 4 is 5.96 Å². The molecule has 0 aliphatic heterocycles. The topological polar surface area (TPSA) is 63.3 Å². The van der Waals surface area contributed by atoms with Crippen LogP contribution in [-0.2, 0) is 27.1 Å². The molecule has 2 heterocycles. The third kappa shape index (κ3) is 4.59. The van der Waals surface area contributed by atoms with Crippen molar-refractivity contribution in [1.82, 2.24) is 29.8 Å². The standard InChI is InChI=1S/C17H29N7/c1-13(2)16-15(12-24(6)21-16)11-22(4)17(18-3)19-8-7-14-9-20-23(5)10-14/h9-10,12-13H,7-8,11H2,1-6H3,(H,18,19). The maximum Gasteiger partial charge on any atom is 0.193 e. The predicted molar refractivity (Wildman–Crippen MR) is 97.0 cm³/mol. The highest BCUT2D eigenvalue weighted by Crippen LogP contribution is 2.18. The van der Waals surface area contributed by atoms with Crippen LogP contribution in [0, 0.1) is 0 Å². The van der Waals surface area contributed by atoms with Crippen LogP contribution in [-0.4, -0.2) is 51.1 Å². The highest BCUT2D eigenvalue weighted by atomic mass is 15.3. The molecule has 0 fully saturated rings. The SMILES string of the molecule is CN=C(NCCc1cnn(C)c1)N(C)Cc1cn(C)nc1C(C)C. The molecule has 7 nitrogen and oxygen atoms in total. The van der Waals surface area contributed by atoms with Crippen molar-refractivity contribution in [2.45, 2.75) is 32.7 Å². The summed E-state index contributed by atoms with van der Waals surface area (Å²) in [4.78, 5) is 6.52. The molecule has 2 aromatic rings. The predicted octanol–water partition coefficient (Wildman–Crippen LogP) is 1.53. The van der Waals surface area contributed by atoms with Gasteiger partial charge < -0.3 is 10.2 Å². The van der Waals surface area contributed by atoms with Crippen LogP contribution in [0.2, 0.25) is 0 Å². The summed E-state index contributed by atoms with van der Waals surface area (Å²) >= 11 is 0. The summed E-state index contributed by atoms with van der Waals surface area (Å²) in [6.07, 6.45) is 6.96. The molecule has 0 spiro atoms. The van der Waals surface area contributed by atoms with Gasteiger partial charge in [-0.05, 0) is 17.9 Å². The molecule has 0 saturated heterocycles. The Balaban J connectivity index is 1.93. The first-order valence-corrected chi connectivity index (χ1v) is 8.32. The van der Waals surface area contributed by atoms with Crippen molar-refractivity contribution in [2.75, 3.05) is 20.6 Å². The number of aromatic nitrogens is 4. The van der Waals surface area contributed by atoms with Crippen LogP contribution in [0.25, 0.3) is 0 Å². The van der Waals surface area contributed by atoms with Crippen LogP contribution in [0.15, 0.2) is 23.6 Å². The van der Waals surface area contributed by atoms with Crippen molar-refractivity contribution in [2.24, 2.45) is 19.1 Å². The van der Waals surface area contributed by atoms with E-state index in [1.165, 1.54) is 11.1 Å². The first kappa shape index (κ1) is 18.0. The zero-order valence-corrected chi connectivity index (χ0v) is 15.6. The van der Waals surface area contributed by atoms with Gasteiger partial charge >= 0.3 is 0 Å². The van der Waals surface area contributed by atoms with Crippen LogP contribution < -0.4 is 5.32 Å². The van der Waals surface area contributed by atoms with Gasteiger partial charge in [0.25, 0.3) is 0 Å². The van der Waals surface area contributed by atoms with E-state index in [1.54, 1.807) is 0 Å².